The van der Waals surface area contributed by atoms with E-state index in [0.29, 0.717) is 12.6 Å². The van der Waals surface area contributed by atoms with E-state index in [4.69, 9.17) is 0 Å². The topological polar surface area (TPSA) is 45.2 Å². The summed E-state index contributed by atoms with van der Waals surface area (Å²) in [6.07, 6.45) is -2.07. The number of likely N-dealkylation sites (N-methyl/N-ethyl adjacent to an activating group) is 1. The largest absolute Gasteiger partial charge is 0.418 e. The molecule has 0 aliphatic carbocycles. The number of pyridine rings is 1. The van der Waals surface area contributed by atoms with Crippen molar-refractivity contribution in [1.29, 1.82) is 0 Å². The maximum absolute atomic E-state index is 13.1. The fourth-order valence-corrected chi connectivity index (χ4v) is 3.30. The third-order valence-corrected chi connectivity index (χ3v) is 4.48. The van der Waals surface area contributed by atoms with E-state index in [-0.39, 0.29) is 12.1 Å². The molecular formula is C18H18F3N3O. The molecule has 2 heterocycles. The third-order valence-electron chi connectivity index (χ3n) is 4.48. The van der Waals surface area contributed by atoms with Crippen LogP contribution < -0.4 is 5.32 Å². The van der Waals surface area contributed by atoms with Gasteiger partial charge in [-0.25, -0.2) is 0 Å². The lowest BCUT2D eigenvalue weighted by Crippen LogP contribution is -2.39. The SMILES string of the molecule is CN1CC[C@H](NC(=O)c2ccncc2C(F)(F)F)[C@H]1c1ccccc1. The highest BCUT2D eigenvalue weighted by Crippen LogP contribution is 2.33. The molecule has 1 aliphatic heterocycles. The van der Waals surface area contributed by atoms with Gasteiger partial charge in [-0.3, -0.25) is 14.7 Å². The monoisotopic (exact) mass is 349 g/mol. The van der Waals surface area contributed by atoms with Gasteiger partial charge in [0.2, 0.25) is 0 Å². The number of likely N-dealkylation sites (tertiary alicyclic amines) is 1. The van der Waals surface area contributed by atoms with Gasteiger partial charge in [0.15, 0.2) is 0 Å². The molecule has 1 N–H and O–H groups in total. The van der Waals surface area contributed by atoms with Crippen LogP contribution >= 0.6 is 0 Å². The minimum Gasteiger partial charge on any atom is -0.347 e. The Bertz CT molecular complexity index is 749. The highest BCUT2D eigenvalue weighted by atomic mass is 19.4. The highest BCUT2D eigenvalue weighted by Gasteiger charge is 2.38. The number of benzene rings is 1. The van der Waals surface area contributed by atoms with Gasteiger partial charge in [-0.15, -0.1) is 0 Å². The molecule has 132 valence electrons. The molecule has 1 fully saturated rings. The van der Waals surface area contributed by atoms with E-state index in [1.807, 2.05) is 37.4 Å². The van der Waals surface area contributed by atoms with Gasteiger partial charge < -0.3 is 5.32 Å². The number of nitrogens with zero attached hydrogens (tertiary/aromatic N) is 2. The minimum atomic E-state index is -4.62. The lowest BCUT2D eigenvalue weighted by Gasteiger charge is -2.26. The summed E-state index contributed by atoms with van der Waals surface area (Å²) in [5, 5.41) is 2.78. The summed E-state index contributed by atoms with van der Waals surface area (Å²) in [7, 11) is 1.94. The first-order valence-electron chi connectivity index (χ1n) is 7.95. The molecule has 0 radical (unpaired) electrons. The van der Waals surface area contributed by atoms with Gasteiger partial charge in [-0.1, -0.05) is 30.3 Å². The summed E-state index contributed by atoms with van der Waals surface area (Å²) in [5.74, 6) is -0.726. The van der Waals surface area contributed by atoms with E-state index < -0.39 is 23.2 Å². The Balaban J connectivity index is 1.84. The predicted octanol–water partition coefficient (Wildman–Crippen LogP) is 3.28. The maximum Gasteiger partial charge on any atom is 0.418 e. The number of nitrogens with one attached hydrogen (secondary N) is 1. The van der Waals surface area contributed by atoms with Crippen LogP contribution in [0.15, 0.2) is 48.8 Å². The fraction of sp³-hybridized carbons (Fsp3) is 0.333. The van der Waals surface area contributed by atoms with Crippen LogP contribution in [0.2, 0.25) is 0 Å². The van der Waals surface area contributed by atoms with Crippen LogP contribution in [-0.4, -0.2) is 35.4 Å². The second-order valence-corrected chi connectivity index (χ2v) is 6.12. The molecule has 1 aromatic heterocycles. The van der Waals surface area contributed by atoms with Gasteiger partial charge >= 0.3 is 6.18 Å². The average Bonchev–Trinajstić information content (AvgIpc) is 2.95. The first kappa shape index (κ1) is 17.4. The smallest absolute Gasteiger partial charge is 0.347 e. The van der Waals surface area contributed by atoms with Gasteiger partial charge in [0.25, 0.3) is 5.91 Å². The number of rotatable bonds is 3. The van der Waals surface area contributed by atoms with Gasteiger partial charge in [-0.2, -0.15) is 13.2 Å². The van der Waals surface area contributed by atoms with E-state index in [1.165, 1.54) is 6.20 Å². The zero-order valence-corrected chi connectivity index (χ0v) is 13.6. The van der Waals surface area contributed by atoms with E-state index in [0.717, 1.165) is 18.2 Å². The number of hydrogen-bond acceptors (Lipinski definition) is 3. The molecule has 1 aromatic carbocycles. The van der Waals surface area contributed by atoms with Crippen molar-refractivity contribution >= 4 is 5.91 Å². The molecule has 0 unspecified atom stereocenters. The molecule has 0 spiro atoms. The van der Waals surface area contributed by atoms with E-state index >= 15 is 0 Å². The molecule has 1 aliphatic rings. The molecule has 2 aromatic rings. The Hall–Kier alpha value is -2.41. The van der Waals surface area contributed by atoms with Crippen molar-refractivity contribution in [3.8, 4) is 0 Å². The quantitative estimate of drug-likeness (QED) is 0.925. The third kappa shape index (κ3) is 3.66. The number of hydrogen-bond donors (Lipinski definition) is 1. The van der Waals surface area contributed by atoms with E-state index in [1.54, 1.807) is 0 Å². The van der Waals surface area contributed by atoms with Gasteiger partial charge in [-0.05, 0) is 25.1 Å². The number of aromatic nitrogens is 1. The van der Waals surface area contributed by atoms with Crippen LogP contribution in [-0.2, 0) is 6.18 Å². The second-order valence-electron chi connectivity index (χ2n) is 6.12. The highest BCUT2D eigenvalue weighted by molar-refractivity contribution is 5.96. The van der Waals surface area contributed by atoms with Gasteiger partial charge in [0, 0.05) is 18.9 Å². The van der Waals surface area contributed by atoms with Crippen molar-refractivity contribution in [3.63, 3.8) is 0 Å². The Labute approximate surface area is 143 Å². The summed E-state index contributed by atoms with van der Waals surface area (Å²) in [6, 6.07) is 10.4. The number of carbonyl (C=O) groups is 1. The number of halogens is 3. The number of carbonyl (C=O) groups excluding carboxylic acids is 1. The van der Waals surface area contributed by atoms with Crippen LogP contribution in [0.3, 0.4) is 0 Å². The zero-order chi connectivity index (χ0) is 18.0. The summed E-state index contributed by atoms with van der Waals surface area (Å²) < 4.78 is 39.3. The lowest BCUT2D eigenvalue weighted by molar-refractivity contribution is -0.138. The maximum atomic E-state index is 13.1. The van der Waals surface area contributed by atoms with Crippen LogP contribution in [0.4, 0.5) is 13.2 Å². The van der Waals surface area contributed by atoms with Crippen molar-refractivity contribution in [2.24, 2.45) is 0 Å². The average molecular weight is 349 g/mol. The van der Waals surface area contributed by atoms with Gasteiger partial charge in [0.1, 0.15) is 0 Å². The van der Waals surface area contributed by atoms with Crippen LogP contribution in [0.1, 0.15) is 33.9 Å². The summed E-state index contributed by atoms with van der Waals surface area (Å²) in [5.41, 5.74) is -0.391. The molecule has 1 amide bonds. The lowest BCUT2D eigenvalue weighted by atomic mass is 9.99. The molecule has 1 saturated heterocycles. The Morgan fingerprint density at radius 3 is 2.64 bits per heavy atom. The summed E-state index contributed by atoms with van der Waals surface area (Å²) in [6.45, 7) is 0.757. The molecule has 7 heteroatoms. The Morgan fingerprint density at radius 2 is 1.96 bits per heavy atom. The van der Waals surface area contributed by atoms with Crippen molar-refractivity contribution < 1.29 is 18.0 Å². The van der Waals surface area contributed by atoms with Gasteiger partial charge in [0.05, 0.1) is 23.2 Å². The first-order valence-corrected chi connectivity index (χ1v) is 7.95. The number of amides is 1. The molecule has 4 nitrogen and oxygen atoms in total. The van der Waals surface area contributed by atoms with Crippen molar-refractivity contribution in [1.82, 2.24) is 15.2 Å². The summed E-state index contributed by atoms with van der Waals surface area (Å²) >= 11 is 0. The normalized spacial score (nSPS) is 21.3. The molecule has 2 atom stereocenters. The minimum absolute atomic E-state index is 0.0682. The van der Waals surface area contributed by atoms with E-state index in [9.17, 15) is 18.0 Å². The molecular weight excluding hydrogens is 331 g/mol. The standard InChI is InChI=1S/C18H18F3N3O/c1-24-10-8-15(16(24)12-5-3-2-4-6-12)23-17(25)13-7-9-22-11-14(13)18(19,20)21/h2-7,9,11,15-16H,8,10H2,1H3,(H,23,25)/t15-,16+/m0/s1. The molecule has 3 rings (SSSR count). The fourth-order valence-electron chi connectivity index (χ4n) is 3.30. The van der Waals surface area contributed by atoms with Crippen molar-refractivity contribution in [2.75, 3.05) is 13.6 Å². The summed E-state index contributed by atoms with van der Waals surface area (Å²) in [4.78, 5) is 18.1. The van der Waals surface area contributed by atoms with Crippen LogP contribution in [0.25, 0.3) is 0 Å². The second kappa shape index (κ2) is 6.84. The van der Waals surface area contributed by atoms with Crippen LogP contribution in [0.5, 0.6) is 0 Å². The number of alkyl halides is 3. The molecule has 25 heavy (non-hydrogen) atoms. The molecule has 0 bridgehead atoms. The molecule has 0 saturated carbocycles. The van der Waals surface area contributed by atoms with Crippen molar-refractivity contribution in [2.45, 2.75) is 24.7 Å². The Kier molecular flexibility index (Phi) is 4.76. The van der Waals surface area contributed by atoms with E-state index in [2.05, 4.69) is 15.2 Å². The van der Waals surface area contributed by atoms with Crippen molar-refractivity contribution in [3.05, 3.63) is 65.5 Å². The predicted molar refractivity (Wildman–Crippen MR) is 86.9 cm³/mol. The Morgan fingerprint density at radius 1 is 1.24 bits per heavy atom. The zero-order valence-electron chi connectivity index (χ0n) is 13.6. The van der Waals surface area contributed by atoms with Crippen LogP contribution in [0, 0.1) is 0 Å². The first-order chi connectivity index (χ1) is 11.9.